The lowest BCUT2D eigenvalue weighted by molar-refractivity contribution is 0.556. The van der Waals surface area contributed by atoms with Gasteiger partial charge in [0.15, 0.2) is 0 Å². The molecular weight excluding hydrogens is 132 g/mol. The SMILES string of the molecule is C/C=C/C(C)C(C)/C=C\CC. The highest BCUT2D eigenvalue weighted by atomic mass is 14.1. The molecule has 0 nitrogen and oxygen atoms in total. The van der Waals surface area contributed by atoms with E-state index in [0.29, 0.717) is 11.8 Å². The smallest absolute Gasteiger partial charge is 0.0202 e. The van der Waals surface area contributed by atoms with Crippen molar-refractivity contribution in [2.75, 3.05) is 0 Å². The fourth-order valence-electron chi connectivity index (χ4n) is 1.00. The molecular formula is C11H20. The Morgan fingerprint density at radius 2 is 1.64 bits per heavy atom. The van der Waals surface area contributed by atoms with E-state index in [-0.39, 0.29) is 0 Å². The molecule has 0 aliphatic heterocycles. The van der Waals surface area contributed by atoms with Crippen molar-refractivity contribution in [3.05, 3.63) is 24.3 Å². The first-order chi connectivity index (χ1) is 5.22. The summed E-state index contributed by atoms with van der Waals surface area (Å²) in [5.74, 6) is 1.34. The van der Waals surface area contributed by atoms with Crippen molar-refractivity contribution >= 4 is 0 Å². The van der Waals surface area contributed by atoms with E-state index in [1.54, 1.807) is 0 Å². The zero-order valence-electron chi connectivity index (χ0n) is 8.17. The van der Waals surface area contributed by atoms with Crippen molar-refractivity contribution in [1.29, 1.82) is 0 Å². The maximum Gasteiger partial charge on any atom is -0.0202 e. The van der Waals surface area contributed by atoms with Gasteiger partial charge in [-0.25, -0.2) is 0 Å². The zero-order valence-corrected chi connectivity index (χ0v) is 8.17. The third-order valence-electron chi connectivity index (χ3n) is 2.00. The minimum absolute atomic E-state index is 0.669. The maximum absolute atomic E-state index is 2.30. The summed E-state index contributed by atoms with van der Waals surface area (Å²) >= 11 is 0. The summed E-state index contributed by atoms with van der Waals surface area (Å²) in [6.45, 7) is 8.76. The molecule has 0 N–H and O–H groups in total. The molecule has 0 aromatic rings. The molecule has 0 bridgehead atoms. The molecule has 0 saturated heterocycles. The molecule has 0 amide bonds. The molecule has 0 heteroatoms. The highest BCUT2D eigenvalue weighted by Gasteiger charge is 2.03. The van der Waals surface area contributed by atoms with Crippen molar-refractivity contribution in [2.45, 2.75) is 34.1 Å². The predicted octanol–water partition coefficient (Wildman–Crippen LogP) is 3.80. The summed E-state index contributed by atoms with van der Waals surface area (Å²) in [6.07, 6.45) is 10.1. The van der Waals surface area contributed by atoms with E-state index in [9.17, 15) is 0 Å². The van der Waals surface area contributed by atoms with Gasteiger partial charge in [0.25, 0.3) is 0 Å². The van der Waals surface area contributed by atoms with Crippen molar-refractivity contribution in [1.82, 2.24) is 0 Å². The van der Waals surface area contributed by atoms with Crippen LogP contribution in [0.5, 0.6) is 0 Å². The summed E-state index contributed by atoms with van der Waals surface area (Å²) in [5.41, 5.74) is 0. The van der Waals surface area contributed by atoms with Crippen LogP contribution >= 0.6 is 0 Å². The summed E-state index contributed by atoms with van der Waals surface area (Å²) in [4.78, 5) is 0. The van der Waals surface area contributed by atoms with Crippen molar-refractivity contribution in [3.63, 3.8) is 0 Å². The minimum atomic E-state index is 0.669. The van der Waals surface area contributed by atoms with E-state index in [4.69, 9.17) is 0 Å². The fraction of sp³-hybridized carbons (Fsp3) is 0.636. The second kappa shape index (κ2) is 6.21. The van der Waals surface area contributed by atoms with Crippen LogP contribution in [0.3, 0.4) is 0 Å². The van der Waals surface area contributed by atoms with Gasteiger partial charge in [0, 0.05) is 0 Å². The lowest BCUT2D eigenvalue weighted by Gasteiger charge is -2.10. The van der Waals surface area contributed by atoms with Crippen LogP contribution in [-0.2, 0) is 0 Å². The van der Waals surface area contributed by atoms with Gasteiger partial charge in [0.2, 0.25) is 0 Å². The highest BCUT2D eigenvalue weighted by Crippen LogP contribution is 2.13. The molecule has 11 heavy (non-hydrogen) atoms. The molecule has 0 heterocycles. The van der Waals surface area contributed by atoms with E-state index >= 15 is 0 Å². The Labute approximate surface area is 71.0 Å². The van der Waals surface area contributed by atoms with Crippen LogP contribution < -0.4 is 0 Å². The number of allylic oxidation sites excluding steroid dienone is 4. The lowest BCUT2D eigenvalue weighted by atomic mass is 9.95. The Bertz CT molecular complexity index is 131. The molecule has 0 rings (SSSR count). The summed E-state index contributed by atoms with van der Waals surface area (Å²) in [6, 6.07) is 0. The second-order valence-corrected chi connectivity index (χ2v) is 3.08. The Morgan fingerprint density at radius 3 is 2.09 bits per heavy atom. The van der Waals surface area contributed by atoms with Crippen molar-refractivity contribution in [2.24, 2.45) is 11.8 Å². The highest BCUT2D eigenvalue weighted by molar-refractivity contribution is 4.95. The molecule has 0 aliphatic rings. The number of hydrogen-bond donors (Lipinski definition) is 0. The van der Waals surface area contributed by atoms with Crippen LogP contribution in [0.25, 0.3) is 0 Å². The quantitative estimate of drug-likeness (QED) is 0.537. The first kappa shape index (κ1) is 10.5. The third kappa shape index (κ3) is 4.83. The Morgan fingerprint density at radius 1 is 1.09 bits per heavy atom. The molecule has 0 saturated carbocycles. The molecule has 2 atom stereocenters. The standard InChI is InChI=1S/C11H20/c1-5-7-9-11(4)10(3)8-6-2/h6-11H,5H2,1-4H3/b8-6+,9-7-. The molecule has 0 aliphatic carbocycles. The van der Waals surface area contributed by atoms with Gasteiger partial charge >= 0.3 is 0 Å². The molecule has 2 unspecified atom stereocenters. The molecule has 0 radical (unpaired) electrons. The van der Waals surface area contributed by atoms with Gasteiger partial charge in [-0.1, -0.05) is 45.1 Å². The normalized spacial score (nSPS) is 17.8. The van der Waals surface area contributed by atoms with Crippen LogP contribution in [0.2, 0.25) is 0 Å². The lowest BCUT2D eigenvalue weighted by Crippen LogP contribution is -2.00. The van der Waals surface area contributed by atoms with Gasteiger partial charge < -0.3 is 0 Å². The van der Waals surface area contributed by atoms with Gasteiger partial charge in [-0.3, -0.25) is 0 Å². The minimum Gasteiger partial charge on any atom is -0.0914 e. The Hall–Kier alpha value is -0.520. The Balaban J connectivity index is 3.81. The summed E-state index contributed by atoms with van der Waals surface area (Å²) in [5, 5.41) is 0. The van der Waals surface area contributed by atoms with Gasteiger partial charge in [-0.2, -0.15) is 0 Å². The van der Waals surface area contributed by atoms with Crippen LogP contribution in [0.1, 0.15) is 34.1 Å². The average molecular weight is 152 g/mol. The van der Waals surface area contributed by atoms with Crippen LogP contribution in [0.15, 0.2) is 24.3 Å². The van der Waals surface area contributed by atoms with E-state index in [2.05, 4.69) is 52.0 Å². The van der Waals surface area contributed by atoms with Gasteiger partial charge in [0.05, 0.1) is 0 Å². The van der Waals surface area contributed by atoms with Crippen LogP contribution in [0.4, 0.5) is 0 Å². The van der Waals surface area contributed by atoms with Crippen molar-refractivity contribution < 1.29 is 0 Å². The largest absolute Gasteiger partial charge is 0.0914 e. The first-order valence-corrected chi connectivity index (χ1v) is 4.51. The monoisotopic (exact) mass is 152 g/mol. The van der Waals surface area contributed by atoms with Gasteiger partial charge in [0.1, 0.15) is 0 Å². The van der Waals surface area contributed by atoms with Crippen LogP contribution in [0, 0.1) is 11.8 Å². The van der Waals surface area contributed by atoms with Crippen molar-refractivity contribution in [3.8, 4) is 0 Å². The van der Waals surface area contributed by atoms with E-state index in [0.717, 1.165) is 6.42 Å². The molecule has 0 aromatic heterocycles. The summed E-state index contributed by atoms with van der Waals surface area (Å²) in [7, 11) is 0. The van der Waals surface area contributed by atoms with Gasteiger partial charge in [-0.05, 0) is 25.2 Å². The van der Waals surface area contributed by atoms with Crippen LogP contribution in [-0.4, -0.2) is 0 Å². The zero-order chi connectivity index (χ0) is 8.69. The average Bonchev–Trinajstić information content (AvgIpc) is 2.00. The van der Waals surface area contributed by atoms with E-state index < -0.39 is 0 Å². The number of rotatable bonds is 4. The fourth-order valence-corrected chi connectivity index (χ4v) is 1.00. The molecule has 0 aromatic carbocycles. The van der Waals surface area contributed by atoms with E-state index in [1.165, 1.54) is 0 Å². The summed E-state index contributed by atoms with van der Waals surface area (Å²) < 4.78 is 0. The maximum atomic E-state index is 2.30. The number of hydrogen-bond acceptors (Lipinski definition) is 0. The molecule has 0 spiro atoms. The molecule has 0 fully saturated rings. The first-order valence-electron chi connectivity index (χ1n) is 4.51. The van der Waals surface area contributed by atoms with Gasteiger partial charge in [-0.15, -0.1) is 0 Å². The Kier molecular flexibility index (Phi) is 5.91. The predicted molar refractivity (Wildman–Crippen MR) is 52.6 cm³/mol. The second-order valence-electron chi connectivity index (χ2n) is 3.08. The van der Waals surface area contributed by atoms with E-state index in [1.807, 2.05) is 0 Å². The topological polar surface area (TPSA) is 0 Å². The third-order valence-corrected chi connectivity index (χ3v) is 2.00. The molecule has 64 valence electrons.